The first-order chi connectivity index (χ1) is 9.04. The molecule has 0 heterocycles. The molecular formula is C12H19F2NO5. The van der Waals surface area contributed by atoms with Crippen LogP contribution in [0.4, 0.5) is 13.6 Å². The Hall–Kier alpha value is -1.44. The lowest BCUT2D eigenvalue weighted by atomic mass is 10.1. The summed E-state index contributed by atoms with van der Waals surface area (Å²) in [6, 6.07) is -1.55. The van der Waals surface area contributed by atoms with Gasteiger partial charge in [-0.1, -0.05) is 0 Å². The summed E-state index contributed by atoms with van der Waals surface area (Å²) in [5.41, 5.74) is -0.826. The topological polar surface area (TPSA) is 84.9 Å². The Bertz CT molecular complexity index is 394. The monoisotopic (exact) mass is 295 g/mol. The Morgan fingerprint density at radius 1 is 1.40 bits per heavy atom. The molecule has 0 saturated heterocycles. The first-order valence-electron chi connectivity index (χ1n) is 6.10. The molecule has 0 radical (unpaired) electrons. The van der Waals surface area contributed by atoms with Gasteiger partial charge in [-0.2, -0.15) is 0 Å². The van der Waals surface area contributed by atoms with Crippen molar-refractivity contribution in [1.82, 2.24) is 5.32 Å². The van der Waals surface area contributed by atoms with E-state index < -0.39 is 48.1 Å². The van der Waals surface area contributed by atoms with Crippen LogP contribution in [0.15, 0.2) is 0 Å². The lowest BCUT2D eigenvalue weighted by Crippen LogP contribution is -2.46. The highest BCUT2D eigenvalue weighted by Gasteiger charge is 2.72. The lowest BCUT2D eigenvalue weighted by Gasteiger charge is -2.22. The van der Waals surface area contributed by atoms with Crippen LogP contribution in [0.25, 0.3) is 0 Å². The maximum absolute atomic E-state index is 13.4. The van der Waals surface area contributed by atoms with Crippen molar-refractivity contribution in [3.8, 4) is 0 Å². The molecule has 2 N–H and O–H groups in total. The fraction of sp³-hybridized carbons (Fsp3) is 0.833. The van der Waals surface area contributed by atoms with Gasteiger partial charge in [0.05, 0.1) is 25.6 Å². The Balaban J connectivity index is 2.78. The van der Waals surface area contributed by atoms with Crippen LogP contribution in [-0.2, 0) is 14.3 Å². The number of rotatable bonds is 4. The molecule has 1 amide bonds. The molecule has 6 nitrogen and oxygen atoms in total. The summed E-state index contributed by atoms with van der Waals surface area (Å²) in [7, 11) is 1.03. The number of ether oxygens (including phenoxy) is 2. The second kappa shape index (κ2) is 5.51. The maximum atomic E-state index is 13.4. The number of nitrogens with one attached hydrogen (secondary N) is 1. The molecule has 0 aromatic rings. The summed E-state index contributed by atoms with van der Waals surface area (Å²) in [6.45, 7) is 4.02. The number of amides is 1. The number of hydrogen-bond acceptors (Lipinski definition) is 5. The summed E-state index contributed by atoms with van der Waals surface area (Å²) < 4.78 is 36.2. The van der Waals surface area contributed by atoms with E-state index in [0.29, 0.717) is 0 Å². The third-order valence-corrected chi connectivity index (χ3v) is 2.95. The maximum Gasteiger partial charge on any atom is 0.408 e. The summed E-state index contributed by atoms with van der Waals surface area (Å²) in [4.78, 5) is 23.1. The van der Waals surface area contributed by atoms with E-state index >= 15 is 0 Å². The number of alkyl halides is 2. The van der Waals surface area contributed by atoms with Gasteiger partial charge in [0.1, 0.15) is 11.6 Å². The molecule has 1 saturated carbocycles. The van der Waals surface area contributed by atoms with Gasteiger partial charge in [-0.05, 0) is 20.8 Å². The van der Waals surface area contributed by atoms with Crippen molar-refractivity contribution >= 4 is 12.1 Å². The van der Waals surface area contributed by atoms with Crippen LogP contribution in [-0.4, -0.2) is 48.5 Å². The molecule has 8 heteroatoms. The molecule has 1 aliphatic carbocycles. The minimum Gasteiger partial charge on any atom is -0.467 e. The van der Waals surface area contributed by atoms with Gasteiger partial charge in [-0.15, -0.1) is 0 Å². The van der Waals surface area contributed by atoms with Gasteiger partial charge in [-0.3, -0.25) is 0 Å². The summed E-state index contributed by atoms with van der Waals surface area (Å²) in [6.07, 6.45) is -0.993. The van der Waals surface area contributed by atoms with Crippen molar-refractivity contribution in [2.24, 2.45) is 11.8 Å². The van der Waals surface area contributed by atoms with Crippen molar-refractivity contribution in [2.45, 2.75) is 38.3 Å². The third kappa shape index (κ3) is 3.56. The highest BCUT2D eigenvalue weighted by atomic mass is 19.3. The number of alkyl carbamates (subject to hydrolysis) is 1. The van der Waals surface area contributed by atoms with Gasteiger partial charge in [-0.25, -0.2) is 18.4 Å². The predicted octanol–water partition coefficient (Wildman–Crippen LogP) is 0.926. The SMILES string of the molecule is COC(=O)[C@H](NC(=O)OC(C)(C)C)[C@@H]1[C@H](CO)C1(F)F. The molecular weight excluding hydrogens is 276 g/mol. The fourth-order valence-electron chi connectivity index (χ4n) is 1.96. The molecule has 1 aliphatic rings. The van der Waals surface area contributed by atoms with Gasteiger partial charge in [0.15, 0.2) is 0 Å². The van der Waals surface area contributed by atoms with Crippen molar-refractivity contribution in [1.29, 1.82) is 0 Å². The number of aliphatic hydroxyl groups is 1. The molecule has 116 valence electrons. The standard InChI is InChI=1S/C12H19F2NO5/c1-11(2,3)20-10(18)15-8(9(17)19-4)7-6(5-16)12(7,13)14/h6-8,16H,5H2,1-4H3,(H,15,18)/t6-,7-,8+/m0/s1. The van der Waals surface area contributed by atoms with E-state index in [-0.39, 0.29) is 0 Å². The molecule has 1 fully saturated rings. The second-order valence-corrected chi connectivity index (χ2v) is 5.64. The summed E-state index contributed by atoms with van der Waals surface area (Å²) in [5, 5.41) is 10.9. The van der Waals surface area contributed by atoms with Gasteiger partial charge >= 0.3 is 12.1 Å². The Labute approximate surface area is 115 Å². The number of aliphatic hydroxyl groups excluding tert-OH is 1. The van der Waals surface area contributed by atoms with Gasteiger partial charge < -0.3 is 19.9 Å². The first kappa shape index (κ1) is 16.6. The van der Waals surface area contributed by atoms with Crippen LogP contribution >= 0.6 is 0 Å². The lowest BCUT2D eigenvalue weighted by molar-refractivity contribution is -0.144. The second-order valence-electron chi connectivity index (χ2n) is 5.64. The highest BCUT2D eigenvalue weighted by Crippen LogP contribution is 2.56. The number of carbonyl (C=O) groups is 2. The molecule has 0 aromatic carbocycles. The van der Waals surface area contributed by atoms with E-state index in [1.807, 2.05) is 0 Å². The largest absolute Gasteiger partial charge is 0.467 e. The molecule has 20 heavy (non-hydrogen) atoms. The molecule has 0 spiro atoms. The summed E-state index contributed by atoms with van der Waals surface area (Å²) in [5.74, 6) is -7.09. The van der Waals surface area contributed by atoms with E-state index in [4.69, 9.17) is 9.84 Å². The average molecular weight is 295 g/mol. The van der Waals surface area contributed by atoms with Crippen LogP contribution in [0, 0.1) is 11.8 Å². The van der Waals surface area contributed by atoms with Crippen LogP contribution < -0.4 is 5.32 Å². The molecule has 1 rings (SSSR count). The number of methoxy groups -OCH3 is 1. The van der Waals surface area contributed by atoms with Crippen LogP contribution in [0.2, 0.25) is 0 Å². The molecule has 0 unspecified atom stereocenters. The zero-order valence-electron chi connectivity index (χ0n) is 11.8. The zero-order valence-corrected chi connectivity index (χ0v) is 11.8. The van der Waals surface area contributed by atoms with E-state index in [2.05, 4.69) is 10.1 Å². The Morgan fingerprint density at radius 3 is 2.30 bits per heavy atom. The Kier molecular flexibility index (Phi) is 4.58. The van der Waals surface area contributed by atoms with Crippen LogP contribution in [0.1, 0.15) is 20.8 Å². The van der Waals surface area contributed by atoms with Gasteiger partial charge in [0, 0.05) is 0 Å². The van der Waals surface area contributed by atoms with Crippen molar-refractivity contribution < 1.29 is 33.0 Å². The predicted molar refractivity (Wildman–Crippen MR) is 64.2 cm³/mol. The normalized spacial score (nSPS) is 25.6. The smallest absolute Gasteiger partial charge is 0.408 e. The number of esters is 1. The summed E-state index contributed by atoms with van der Waals surface area (Å²) >= 11 is 0. The quantitative estimate of drug-likeness (QED) is 0.754. The zero-order chi connectivity index (χ0) is 15.7. The van der Waals surface area contributed by atoms with Crippen molar-refractivity contribution in [3.63, 3.8) is 0 Å². The Morgan fingerprint density at radius 2 is 1.95 bits per heavy atom. The number of halogens is 2. The van der Waals surface area contributed by atoms with Crippen LogP contribution in [0.3, 0.4) is 0 Å². The van der Waals surface area contributed by atoms with E-state index in [1.54, 1.807) is 20.8 Å². The molecule has 0 aliphatic heterocycles. The molecule has 3 atom stereocenters. The number of carbonyl (C=O) groups excluding carboxylic acids is 2. The van der Waals surface area contributed by atoms with Crippen LogP contribution in [0.5, 0.6) is 0 Å². The van der Waals surface area contributed by atoms with Gasteiger partial charge in [0.25, 0.3) is 5.92 Å². The number of hydrogen-bond donors (Lipinski definition) is 2. The first-order valence-corrected chi connectivity index (χ1v) is 6.10. The van der Waals surface area contributed by atoms with E-state index in [9.17, 15) is 18.4 Å². The average Bonchev–Trinajstić information content (AvgIpc) is 2.84. The third-order valence-electron chi connectivity index (χ3n) is 2.95. The van der Waals surface area contributed by atoms with Crippen molar-refractivity contribution in [3.05, 3.63) is 0 Å². The molecule has 0 aromatic heterocycles. The fourth-order valence-corrected chi connectivity index (χ4v) is 1.96. The minimum absolute atomic E-state index is 0.777. The van der Waals surface area contributed by atoms with Crippen molar-refractivity contribution in [2.75, 3.05) is 13.7 Å². The molecule has 0 bridgehead atoms. The van der Waals surface area contributed by atoms with E-state index in [0.717, 1.165) is 7.11 Å². The minimum atomic E-state index is -3.22. The van der Waals surface area contributed by atoms with Gasteiger partial charge in [0.2, 0.25) is 0 Å². The highest BCUT2D eigenvalue weighted by molar-refractivity contribution is 5.82. The van der Waals surface area contributed by atoms with E-state index in [1.165, 1.54) is 0 Å².